The zero-order chi connectivity index (χ0) is 11.4. The van der Waals surface area contributed by atoms with Gasteiger partial charge in [0.15, 0.2) is 0 Å². The van der Waals surface area contributed by atoms with E-state index in [1.54, 1.807) is 0 Å². The van der Waals surface area contributed by atoms with Crippen molar-refractivity contribution in [1.29, 1.82) is 0 Å². The van der Waals surface area contributed by atoms with Gasteiger partial charge in [-0.1, -0.05) is 18.2 Å². The highest BCUT2D eigenvalue weighted by atomic mass is 35.5. The molecule has 0 spiro atoms. The maximum Gasteiger partial charge on any atom is 0.339 e. The Kier molecular flexibility index (Phi) is 3.68. The Morgan fingerprint density at radius 2 is 2.27 bits per heavy atom. The van der Waals surface area contributed by atoms with Crippen molar-refractivity contribution in [3.05, 3.63) is 41.2 Å². The first kappa shape index (κ1) is 11.5. The van der Waals surface area contributed by atoms with Crippen LogP contribution in [-0.4, -0.2) is 17.7 Å². The van der Waals surface area contributed by atoms with Gasteiger partial charge in [-0.25, -0.2) is 9.18 Å². The van der Waals surface area contributed by atoms with E-state index in [4.69, 9.17) is 21.4 Å². The number of halogens is 2. The Balaban J connectivity index is 2.95. The van der Waals surface area contributed by atoms with Crippen LogP contribution in [0.5, 0.6) is 5.75 Å². The molecule has 1 rings (SSSR count). The second-order valence-corrected chi connectivity index (χ2v) is 3.29. The van der Waals surface area contributed by atoms with Crippen molar-refractivity contribution >= 4 is 17.6 Å². The molecular weight excluding hydrogens is 223 g/mol. The van der Waals surface area contributed by atoms with Gasteiger partial charge in [-0.05, 0) is 18.2 Å². The van der Waals surface area contributed by atoms with E-state index in [1.807, 2.05) is 0 Å². The summed E-state index contributed by atoms with van der Waals surface area (Å²) in [5.41, 5.74) is -0.243. The van der Waals surface area contributed by atoms with Crippen LogP contribution < -0.4 is 4.74 Å². The first-order chi connectivity index (χ1) is 7.00. The minimum absolute atomic E-state index is 0.0204. The number of benzene rings is 1. The maximum absolute atomic E-state index is 12.7. The van der Waals surface area contributed by atoms with Crippen molar-refractivity contribution in [2.75, 3.05) is 6.61 Å². The average Bonchev–Trinajstić information content (AvgIpc) is 2.15. The second kappa shape index (κ2) is 4.79. The van der Waals surface area contributed by atoms with Gasteiger partial charge in [0.25, 0.3) is 0 Å². The predicted molar refractivity (Wildman–Crippen MR) is 53.8 cm³/mol. The molecule has 0 saturated heterocycles. The van der Waals surface area contributed by atoms with Gasteiger partial charge in [-0.3, -0.25) is 0 Å². The van der Waals surface area contributed by atoms with E-state index in [2.05, 4.69) is 6.58 Å². The Labute approximate surface area is 90.7 Å². The molecule has 0 heterocycles. The maximum atomic E-state index is 12.7. The molecule has 0 aliphatic rings. The third-order valence-electron chi connectivity index (χ3n) is 1.56. The molecule has 1 aromatic carbocycles. The summed E-state index contributed by atoms with van der Waals surface area (Å²) in [6, 6.07) is 3.23. The Morgan fingerprint density at radius 3 is 2.80 bits per heavy atom. The highest BCUT2D eigenvalue weighted by molar-refractivity contribution is 6.29. The smallest absolute Gasteiger partial charge is 0.339 e. The van der Waals surface area contributed by atoms with Crippen LogP contribution in [0.25, 0.3) is 0 Å². The molecule has 1 aromatic rings. The summed E-state index contributed by atoms with van der Waals surface area (Å²) < 4.78 is 17.8. The minimum atomic E-state index is -1.26. The molecule has 0 radical (unpaired) electrons. The summed E-state index contributed by atoms with van der Waals surface area (Å²) in [7, 11) is 0. The summed E-state index contributed by atoms with van der Waals surface area (Å²) in [5, 5.41) is 8.99. The highest BCUT2D eigenvalue weighted by Crippen LogP contribution is 2.20. The van der Waals surface area contributed by atoms with E-state index in [-0.39, 0.29) is 23.0 Å². The number of rotatable bonds is 4. The molecule has 1 N–H and O–H groups in total. The van der Waals surface area contributed by atoms with Gasteiger partial charge in [-0.15, -0.1) is 0 Å². The molecule has 0 amide bonds. The predicted octanol–water partition coefficient (Wildman–Crippen LogP) is 2.66. The second-order valence-electron chi connectivity index (χ2n) is 2.75. The summed E-state index contributed by atoms with van der Waals surface area (Å²) >= 11 is 5.45. The monoisotopic (exact) mass is 230 g/mol. The van der Waals surface area contributed by atoms with E-state index in [0.29, 0.717) is 0 Å². The molecule has 0 aliphatic heterocycles. The van der Waals surface area contributed by atoms with Gasteiger partial charge in [-0.2, -0.15) is 0 Å². The minimum Gasteiger partial charge on any atom is -0.487 e. The van der Waals surface area contributed by atoms with E-state index in [9.17, 15) is 9.18 Å². The van der Waals surface area contributed by atoms with Gasteiger partial charge in [0.2, 0.25) is 0 Å². The first-order valence-electron chi connectivity index (χ1n) is 3.99. The van der Waals surface area contributed by atoms with Crippen molar-refractivity contribution < 1.29 is 19.0 Å². The van der Waals surface area contributed by atoms with Crippen LogP contribution in [0, 0.1) is 5.82 Å². The van der Waals surface area contributed by atoms with Gasteiger partial charge in [0.05, 0.1) is 0 Å². The summed E-state index contributed by atoms with van der Waals surface area (Å²) in [6.07, 6.45) is 0. The molecule has 5 heteroatoms. The summed E-state index contributed by atoms with van der Waals surface area (Å²) in [5.74, 6) is -1.83. The van der Waals surface area contributed by atoms with E-state index in [1.165, 1.54) is 6.07 Å². The number of carboxylic acid groups (broad SMARTS) is 1. The largest absolute Gasteiger partial charge is 0.487 e. The molecule has 0 bridgehead atoms. The summed E-state index contributed by atoms with van der Waals surface area (Å²) in [4.78, 5) is 10.7. The molecule has 0 aliphatic carbocycles. The zero-order valence-electron chi connectivity index (χ0n) is 7.67. The van der Waals surface area contributed by atoms with Gasteiger partial charge >= 0.3 is 5.97 Å². The van der Waals surface area contributed by atoms with Crippen molar-refractivity contribution in [2.45, 2.75) is 0 Å². The molecular formula is C10H8ClFO3. The lowest BCUT2D eigenvalue weighted by atomic mass is 10.2. The van der Waals surface area contributed by atoms with E-state index in [0.717, 1.165) is 12.1 Å². The first-order valence-corrected chi connectivity index (χ1v) is 4.37. The Morgan fingerprint density at radius 1 is 1.60 bits per heavy atom. The van der Waals surface area contributed by atoms with Crippen LogP contribution >= 0.6 is 11.6 Å². The van der Waals surface area contributed by atoms with Gasteiger partial charge < -0.3 is 9.84 Å². The third-order valence-corrected chi connectivity index (χ3v) is 1.67. The van der Waals surface area contributed by atoms with Crippen LogP contribution in [0.2, 0.25) is 0 Å². The zero-order valence-corrected chi connectivity index (χ0v) is 8.42. The van der Waals surface area contributed by atoms with Crippen molar-refractivity contribution in [1.82, 2.24) is 0 Å². The fourth-order valence-corrected chi connectivity index (χ4v) is 1.01. The fraction of sp³-hybridized carbons (Fsp3) is 0.100. The van der Waals surface area contributed by atoms with Gasteiger partial charge in [0, 0.05) is 5.03 Å². The number of carboxylic acids is 1. The molecule has 0 fully saturated rings. The molecule has 80 valence electrons. The van der Waals surface area contributed by atoms with E-state index < -0.39 is 11.8 Å². The lowest BCUT2D eigenvalue weighted by Crippen LogP contribution is -2.04. The molecule has 0 aromatic heterocycles. The van der Waals surface area contributed by atoms with E-state index >= 15 is 0 Å². The number of carbonyl (C=O) groups is 1. The topological polar surface area (TPSA) is 46.5 Å². The SMILES string of the molecule is C=C(Cl)COc1ccc(F)cc1C(=O)O. The number of aromatic carboxylic acids is 1. The van der Waals surface area contributed by atoms with Gasteiger partial charge in [0.1, 0.15) is 23.7 Å². The van der Waals surface area contributed by atoms with Crippen molar-refractivity contribution in [2.24, 2.45) is 0 Å². The van der Waals surface area contributed by atoms with Crippen LogP contribution in [0.1, 0.15) is 10.4 Å². The van der Waals surface area contributed by atoms with Crippen LogP contribution in [0.15, 0.2) is 29.8 Å². The molecule has 15 heavy (non-hydrogen) atoms. The van der Waals surface area contributed by atoms with Crippen molar-refractivity contribution in [3.63, 3.8) is 0 Å². The normalized spacial score (nSPS) is 9.73. The number of ether oxygens (including phenoxy) is 1. The highest BCUT2D eigenvalue weighted by Gasteiger charge is 2.12. The van der Waals surface area contributed by atoms with Crippen LogP contribution in [0.4, 0.5) is 4.39 Å². The van der Waals surface area contributed by atoms with Crippen LogP contribution in [-0.2, 0) is 0 Å². The standard InChI is InChI=1S/C10H8ClFO3/c1-6(11)5-15-9-3-2-7(12)4-8(9)10(13)14/h2-4H,1,5H2,(H,13,14). The lowest BCUT2D eigenvalue weighted by Gasteiger charge is -2.07. The molecule has 0 saturated carbocycles. The number of hydrogen-bond donors (Lipinski definition) is 1. The molecule has 3 nitrogen and oxygen atoms in total. The molecule has 0 atom stereocenters. The quantitative estimate of drug-likeness (QED) is 0.865. The summed E-state index contributed by atoms with van der Waals surface area (Å²) in [6.45, 7) is 3.36. The molecule has 0 unspecified atom stereocenters. The third kappa shape index (κ3) is 3.25. The Hall–Kier alpha value is -1.55. The Bertz CT molecular complexity index is 404. The number of hydrogen-bond acceptors (Lipinski definition) is 2. The average molecular weight is 231 g/mol. The van der Waals surface area contributed by atoms with Crippen LogP contribution in [0.3, 0.4) is 0 Å². The van der Waals surface area contributed by atoms with Crippen molar-refractivity contribution in [3.8, 4) is 5.75 Å². The fourth-order valence-electron chi connectivity index (χ4n) is 0.951. The lowest BCUT2D eigenvalue weighted by molar-refractivity contribution is 0.0692.